The Balaban J connectivity index is 0.00000461. The van der Waals surface area contributed by atoms with Crippen LogP contribution in [0.2, 0.25) is 0 Å². The molecule has 45 heavy (non-hydrogen) atoms. The van der Waals surface area contributed by atoms with E-state index in [4.69, 9.17) is 26.4 Å². The van der Waals surface area contributed by atoms with Crippen LogP contribution in [0.3, 0.4) is 0 Å². The van der Waals surface area contributed by atoms with Crippen molar-refractivity contribution in [3.63, 3.8) is 0 Å². The van der Waals surface area contributed by atoms with Gasteiger partial charge < -0.3 is 25.8 Å². The molecule has 0 saturated carbocycles. The molecule has 0 bridgehead atoms. The zero-order valence-electron chi connectivity index (χ0n) is 25.0. The van der Waals surface area contributed by atoms with Crippen LogP contribution in [0.25, 0.3) is 0 Å². The number of nitrogens with two attached hydrogens (primary N) is 2. The Morgan fingerprint density at radius 2 is 1.27 bits per heavy atom. The molecule has 1 unspecified atom stereocenters. The number of nitrogen functional groups attached to an aromatic ring is 1. The van der Waals surface area contributed by atoms with Crippen molar-refractivity contribution in [3.8, 4) is 11.5 Å². The molecule has 0 aliphatic heterocycles. The van der Waals surface area contributed by atoms with Crippen LogP contribution in [0, 0.1) is 5.41 Å². The zero-order valence-corrected chi connectivity index (χ0v) is 25.8. The molecule has 0 radical (unpaired) electrons. The Bertz CT molecular complexity index is 1640. The van der Waals surface area contributed by atoms with Gasteiger partial charge in [0, 0.05) is 11.3 Å². The maximum atomic E-state index is 13.6. The summed E-state index contributed by atoms with van der Waals surface area (Å²) in [6.45, 7) is 2.69. The van der Waals surface area contributed by atoms with E-state index in [0.29, 0.717) is 35.8 Å². The van der Waals surface area contributed by atoms with Crippen LogP contribution in [0.1, 0.15) is 46.8 Å². The van der Waals surface area contributed by atoms with Crippen molar-refractivity contribution in [2.24, 2.45) is 11.5 Å². The lowest BCUT2D eigenvalue weighted by Crippen LogP contribution is -2.41. The quantitative estimate of drug-likeness (QED) is 0.0952. The Morgan fingerprint density at radius 3 is 1.78 bits per heavy atom. The number of halogens is 1. The fraction of sp³-hybridized carbons (Fsp3) is 0.135. The van der Waals surface area contributed by atoms with Crippen LogP contribution < -0.4 is 25.8 Å². The highest BCUT2D eigenvalue weighted by Crippen LogP contribution is 2.42. The van der Waals surface area contributed by atoms with Gasteiger partial charge in [-0.05, 0) is 65.6 Å². The van der Waals surface area contributed by atoms with E-state index in [-0.39, 0.29) is 24.3 Å². The van der Waals surface area contributed by atoms with Gasteiger partial charge in [-0.3, -0.25) is 10.2 Å². The largest absolute Gasteiger partial charge is 0.490 e. The average molecular weight is 621 g/mol. The number of nitrogens with zero attached hydrogens (tertiary/aromatic N) is 1. The molecule has 0 heterocycles. The number of amidine groups is 1. The van der Waals surface area contributed by atoms with E-state index < -0.39 is 11.9 Å². The van der Waals surface area contributed by atoms with Gasteiger partial charge >= 0.3 is 0 Å². The third-order valence-electron chi connectivity index (χ3n) is 7.35. The summed E-state index contributed by atoms with van der Waals surface area (Å²) in [6, 6.07) is 41.5. The summed E-state index contributed by atoms with van der Waals surface area (Å²) in [5, 5.41) is 7.89. The highest BCUT2D eigenvalue weighted by Gasteiger charge is 2.34. The number of ether oxygens (including phenoxy) is 2. The fourth-order valence-electron chi connectivity index (χ4n) is 5.32. The zero-order chi connectivity index (χ0) is 30.9. The second-order valence-corrected chi connectivity index (χ2v) is 10.3. The van der Waals surface area contributed by atoms with E-state index in [0.717, 1.165) is 22.4 Å². The van der Waals surface area contributed by atoms with E-state index in [1.54, 1.807) is 12.1 Å². The number of amides is 1. The molecule has 7 nitrogen and oxygen atoms in total. The van der Waals surface area contributed by atoms with Crippen molar-refractivity contribution >= 4 is 29.8 Å². The van der Waals surface area contributed by atoms with Gasteiger partial charge in [0.25, 0.3) is 0 Å². The van der Waals surface area contributed by atoms with Gasteiger partial charge in [-0.2, -0.15) is 0 Å². The molecule has 0 fully saturated rings. The predicted octanol–water partition coefficient (Wildman–Crippen LogP) is 7.19. The number of nitrogens with one attached hydrogen (secondary N) is 1. The summed E-state index contributed by atoms with van der Waals surface area (Å²) in [5.41, 5.74) is 17.0. The van der Waals surface area contributed by atoms with Gasteiger partial charge in [-0.25, -0.2) is 0 Å². The van der Waals surface area contributed by atoms with E-state index in [2.05, 4.69) is 0 Å². The molecule has 0 aliphatic carbocycles. The molecule has 5 N–H and O–H groups in total. The van der Waals surface area contributed by atoms with Crippen molar-refractivity contribution in [2.45, 2.75) is 25.6 Å². The van der Waals surface area contributed by atoms with Gasteiger partial charge in [-0.15, -0.1) is 12.4 Å². The molecule has 5 aromatic carbocycles. The number of hydrogen-bond donors (Lipinski definition) is 3. The van der Waals surface area contributed by atoms with Gasteiger partial charge in [0.15, 0.2) is 11.5 Å². The Morgan fingerprint density at radius 1 is 0.711 bits per heavy atom. The molecule has 0 spiro atoms. The summed E-state index contributed by atoms with van der Waals surface area (Å²) in [6.07, 6.45) is 0. The third-order valence-corrected chi connectivity index (χ3v) is 7.35. The molecule has 5 aromatic rings. The number of primary amides is 1. The van der Waals surface area contributed by atoms with Gasteiger partial charge in [0.1, 0.15) is 18.5 Å². The molecule has 1 amide bonds. The number of anilines is 1. The average Bonchev–Trinajstić information content (AvgIpc) is 3.05. The second kappa shape index (κ2) is 15.5. The van der Waals surface area contributed by atoms with E-state index >= 15 is 0 Å². The summed E-state index contributed by atoms with van der Waals surface area (Å²) in [4.78, 5) is 15.6. The normalized spacial score (nSPS) is 11.2. The Labute approximate surface area is 270 Å². The second-order valence-electron chi connectivity index (χ2n) is 10.3. The van der Waals surface area contributed by atoms with E-state index in [1.165, 1.54) is 0 Å². The molecule has 0 aromatic heterocycles. The lowest BCUT2D eigenvalue weighted by molar-refractivity contribution is -0.119. The monoisotopic (exact) mass is 620 g/mol. The SMILES string of the molecule is CCOc1cc(C(C(N)=O)N(c2ccc(C(=N)N)cc2)C(c2ccccc2)c2ccccc2)ccc1OCc1ccccc1.Cl. The third kappa shape index (κ3) is 7.82. The molecular weight excluding hydrogens is 584 g/mol. The molecule has 230 valence electrons. The number of hydrogen-bond acceptors (Lipinski definition) is 5. The lowest BCUT2D eigenvalue weighted by Gasteiger charge is -2.39. The summed E-state index contributed by atoms with van der Waals surface area (Å²) in [5.74, 6) is 0.528. The number of carbonyl (C=O) groups excluding carboxylic acids is 1. The number of benzene rings is 5. The first kappa shape index (κ1) is 32.6. The Kier molecular flexibility index (Phi) is 11.2. The van der Waals surface area contributed by atoms with Crippen LogP contribution in [0.15, 0.2) is 133 Å². The minimum atomic E-state index is -0.897. The van der Waals surface area contributed by atoms with Gasteiger partial charge in [0.2, 0.25) is 5.91 Å². The summed E-state index contributed by atoms with van der Waals surface area (Å²) in [7, 11) is 0. The molecule has 0 saturated heterocycles. The smallest absolute Gasteiger partial charge is 0.244 e. The highest BCUT2D eigenvalue weighted by molar-refractivity contribution is 5.95. The standard InChI is InChI=1S/C37H36N4O3.ClH/c1-2-43-33-24-30(20-23-32(33)44-25-26-12-6-3-7-13-26)35(37(40)42)41(31-21-18-29(19-22-31)36(38)39)34(27-14-8-4-9-15-27)28-16-10-5-11-17-28;/h3-24,34-35H,2,25H2,1H3,(H3,38,39)(H2,40,42);1H. The van der Waals surface area contributed by atoms with Crippen LogP contribution >= 0.6 is 12.4 Å². The van der Waals surface area contributed by atoms with Crippen molar-refractivity contribution in [1.82, 2.24) is 0 Å². The first-order chi connectivity index (χ1) is 21.5. The Hall–Kier alpha value is -5.27. The number of rotatable bonds is 13. The molecule has 5 rings (SSSR count). The van der Waals surface area contributed by atoms with E-state index in [1.807, 2.05) is 133 Å². The van der Waals surface area contributed by atoms with Crippen LogP contribution in [0.4, 0.5) is 5.69 Å². The highest BCUT2D eigenvalue weighted by atomic mass is 35.5. The lowest BCUT2D eigenvalue weighted by atomic mass is 9.92. The van der Waals surface area contributed by atoms with Crippen LogP contribution in [-0.4, -0.2) is 18.3 Å². The number of carbonyl (C=O) groups is 1. The summed E-state index contributed by atoms with van der Waals surface area (Å²) >= 11 is 0. The molecule has 8 heteroatoms. The van der Waals surface area contributed by atoms with E-state index in [9.17, 15) is 4.79 Å². The van der Waals surface area contributed by atoms with Gasteiger partial charge in [0.05, 0.1) is 12.6 Å². The van der Waals surface area contributed by atoms with Crippen molar-refractivity contribution < 1.29 is 14.3 Å². The maximum Gasteiger partial charge on any atom is 0.244 e. The van der Waals surface area contributed by atoms with Crippen LogP contribution in [-0.2, 0) is 11.4 Å². The maximum absolute atomic E-state index is 13.6. The molecule has 1 atom stereocenters. The molecular formula is C37H37ClN4O3. The van der Waals surface area contributed by atoms with Crippen LogP contribution in [0.5, 0.6) is 11.5 Å². The topological polar surface area (TPSA) is 115 Å². The van der Waals surface area contributed by atoms with Crippen molar-refractivity contribution in [3.05, 3.63) is 161 Å². The minimum absolute atomic E-state index is 0. The fourth-order valence-corrected chi connectivity index (χ4v) is 5.32. The minimum Gasteiger partial charge on any atom is -0.490 e. The first-order valence-corrected chi connectivity index (χ1v) is 14.5. The predicted molar refractivity (Wildman–Crippen MR) is 182 cm³/mol. The molecule has 0 aliphatic rings. The summed E-state index contributed by atoms with van der Waals surface area (Å²) < 4.78 is 12.2. The van der Waals surface area contributed by atoms with Gasteiger partial charge in [-0.1, -0.05) is 97.1 Å². The van der Waals surface area contributed by atoms with Crippen molar-refractivity contribution in [2.75, 3.05) is 11.5 Å². The first-order valence-electron chi connectivity index (χ1n) is 14.5. The van der Waals surface area contributed by atoms with Crippen molar-refractivity contribution in [1.29, 1.82) is 5.41 Å².